The van der Waals surface area contributed by atoms with Crippen molar-refractivity contribution < 1.29 is 0 Å². The molecule has 0 fully saturated rings. The molecule has 0 unspecified atom stereocenters. The minimum Gasteiger partial charge on any atom is -0.296 e. The van der Waals surface area contributed by atoms with Gasteiger partial charge in [0.1, 0.15) is 0 Å². The van der Waals surface area contributed by atoms with Crippen LogP contribution in [0.4, 0.5) is 0 Å². The van der Waals surface area contributed by atoms with Crippen LogP contribution in [0.2, 0.25) is 0 Å². The maximum Gasteiger partial charge on any atom is 0.0330 e. The van der Waals surface area contributed by atoms with E-state index in [1.807, 2.05) is 11.3 Å². The molecule has 0 amide bonds. The summed E-state index contributed by atoms with van der Waals surface area (Å²) in [6, 6.07) is 5.02. The van der Waals surface area contributed by atoms with Crippen LogP contribution in [0.1, 0.15) is 39.0 Å². The summed E-state index contributed by atoms with van der Waals surface area (Å²) in [5, 5.41) is 2.16. The Morgan fingerprint density at radius 3 is 2.47 bits per heavy atom. The average Bonchev–Trinajstić information content (AvgIpc) is 2.63. The smallest absolute Gasteiger partial charge is 0.0330 e. The van der Waals surface area contributed by atoms with Crippen LogP contribution in [0.25, 0.3) is 0 Å². The van der Waals surface area contributed by atoms with Crippen molar-refractivity contribution in [3.05, 3.63) is 22.4 Å². The molecule has 1 heterocycles. The summed E-state index contributed by atoms with van der Waals surface area (Å²) in [6.07, 6.45) is 1.30. The molecule has 0 aliphatic carbocycles. The molecular weight excluding hydrogens is 202 g/mol. The number of rotatable bonds is 6. The Bertz CT molecular complexity index is 252. The van der Waals surface area contributed by atoms with Gasteiger partial charge in [-0.15, -0.1) is 11.3 Å². The van der Waals surface area contributed by atoms with Crippen LogP contribution in [-0.2, 0) is 6.54 Å². The van der Waals surface area contributed by atoms with E-state index in [0.717, 1.165) is 12.5 Å². The topological polar surface area (TPSA) is 3.24 Å². The second-order valence-corrected chi connectivity index (χ2v) is 5.86. The molecule has 0 spiro atoms. The minimum atomic E-state index is 0.644. The van der Waals surface area contributed by atoms with E-state index in [2.05, 4.69) is 50.1 Å². The fraction of sp³-hybridized carbons (Fsp3) is 0.692. The standard InChI is InChI=1S/C13H23NS/c1-11(2)7-8-14(12(3)4)10-13-6-5-9-15-13/h5-6,9,11-12H,7-8,10H2,1-4H3. The molecule has 1 aromatic rings. The molecule has 1 nitrogen and oxygen atoms in total. The summed E-state index contributed by atoms with van der Waals surface area (Å²) in [4.78, 5) is 4.04. The molecular formula is C13H23NS. The Hall–Kier alpha value is -0.340. The zero-order valence-electron chi connectivity index (χ0n) is 10.4. The monoisotopic (exact) mass is 225 g/mol. The summed E-state index contributed by atoms with van der Waals surface area (Å²) in [5.74, 6) is 0.801. The molecule has 0 radical (unpaired) electrons. The van der Waals surface area contributed by atoms with Crippen molar-refractivity contribution in [2.45, 2.75) is 46.7 Å². The second kappa shape index (κ2) is 6.29. The van der Waals surface area contributed by atoms with E-state index in [0.29, 0.717) is 6.04 Å². The highest BCUT2D eigenvalue weighted by Gasteiger charge is 2.10. The summed E-state index contributed by atoms with van der Waals surface area (Å²) in [6.45, 7) is 11.5. The first kappa shape index (κ1) is 12.7. The van der Waals surface area contributed by atoms with Gasteiger partial charge in [-0.05, 0) is 44.2 Å². The summed E-state index contributed by atoms with van der Waals surface area (Å²) in [5.41, 5.74) is 0. The first-order valence-corrected chi connectivity index (χ1v) is 6.74. The third-order valence-electron chi connectivity index (χ3n) is 2.66. The van der Waals surface area contributed by atoms with Crippen molar-refractivity contribution in [3.8, 4) is 0 Å². The van der Waals surface area contributed by atoms with Crippen molar-refractivity contribution >= 4 is 11.3 Å². The lowest BCUT2D eigenvalue weighted by atomic mass is 10.1. The van der Waals surface area contributed by atoms with Crippen molar-refractivity contribution in [2.24, 2.45) is 5.92 Å². The Morgan fingerprint density at radius 2 is 2.00 bits per heavy atom. The van der Waals surface area contributed by atoms with E-state index in [1.54, 1.807) is 0 Å². The van der Waals surface area contributed by atoms with Gasteiger partial charge in [-0.3, -0.25) is 4.90 Å². The first-order valence-electron chi connectivity index (χ1n) is 5.86. The maximum atomic E-state index is 2.56. The molecule has 0 aliphatic heterocycles. The molecule has 0 aliphatic rings. The summed E-state index contributed by atoms with van der Waals surface area (Å²) in [7, 11) is 0. The zero-order chi connectivity index (χ0) is 11.3. The molecule has 1 aromatic heterocycles. The lowest BCUT2D eigenvalue weighted by molar-refractivity contribution is 0.203. The fourth-order valence-electron chi connectivity index (χ4n) is 1.55. The lowest BCUT2D eigenvalue weighted by Gasteiger charge is -2.26. The van der Waals surface area contributed by atoms with Crippen LogP contribution in [0.5, 0.6) is 0 Å². The molecule has 0 bridgehead atoms. The molecule has 0 atom stereocenters. The summed E-state index contributed by atoms with van der Waals surface area (Å²) >= 11 is 1.86. The Morgan fingerprint density at radius 1 is 1.27 bits per heavy atom. The summed E-state index contributed by atoms with van der Waals surface area (Å²) < 4.78 is 0. The molecule has 0 aromatic carbocycles. The van der Waals surface area contributed by atoms with Gasteiger partial charge in [0.2, 0.25) is 0 Å². The van der Waals surface area contributed by atoms with Crippen LogP contribution in [0.15, 0.2) is 17.5 Å². The minimum absolute atomic E-state index is 0.644. The van der Waals surface area contributed by atoms with E-state index in [1.165, 1.54) is 17.8 Å². The molecule has 2 heteroatoms. The predicted octanol–water partition coefficient (Wildman–Crippen LogP) is 4.00. The molecule has 0 saturated heterocycles. The highest BCUT2D eigenvalue weighted by Crippen LogP contribution is 2.15. The Kier molecular flexibility index (Phi) is 5.34. The molecule has 1 rings (SSSR count). The Labute approximate surface area is 98.1 Å². The van der Waals surface area contributed by atoms with Crippen molar-refractivity contribution in [3.63, 3.8) is 0 Å². The highest BCUT2D eigenvalue weighted by molar-refractivity contribution is 7.09. The van der Waals surface area contributed by atoms with Gasteiger partial charge in [0, 0.05) is 17.5 Å². The van der Waals surface area contributed by atoms with E-state index < -0.39 is 0 Å². The Balaban J connectivity index is 2.44. The fourth-order valence-corrected chi connectivity index (χ4v) is 2.28. The van der Waals surface area contributed by atoms with Gasteiger partial charge in [-0.25, -0.2) is 0 Å². The number of thiophene rings is 1. The van der Waals surface area contributed by atoms with Crippen LogP contribution in [0.3, 0.4) is 0 Å². The molecule has 15 heavy (non-hydrogen) atoms. The first-order chi connectivity index (χ1) is 7.09. The molecule has 0 N–H and O–H groups in total. The van der Waals surface area contributed by atoms with E-state index in [4.69, 9.17) is 0 Å². The van der Waals surface area contributed by atoms with Crippen LogP contribution in [0, 0.1) is 5.92 Å². The normalized spacial score (nSPS) is 11.9. The van der Waals surface area contributed by atoms with Crippen LogP contribution < -0.4 is 0 Å². The van der Waals surface area contributed by atoms with Crippen LogP contribution in [-0.4, -0.2) is 17.5 Å². The van der Waals surface area contributed by atoms with Crippen molar-refractivity contribution in [1.29, 1.82) is 0 Å². The van der Waals surface area contributed by atoms with Gasteiger partial charge in [-0.1, -0.05) is 19.9 Å². The van der Waals surface area contributed by atoms with E-state index in [9.17, 15) is 0 Å². The van der Waals surface area contributed by atoms with Gasteiger partial charge < -0.3 is 0 Å². The number of hydrogen-bond donors (Lipinski definition) is 0. The maximum absolute atomic E-state index is 2.56. The molecule has 0 saturated carbocycles. The number of nitrogens with zero attached hydrogens (tertiary/aromatic N) is 1. The largest absolute Gasteiger partial charge is 0.296 e. The SMILES string of the molecule is CC(C)CCN(Cc1cccs1)C(C)C. The van der Waals surface area contributed by atoms with Gasteiger partial charge in [0.15, 0.2) is 0 Å². The van der Waals surface area contributed by atoms with Gasteiger partial charge >= 0.3 is 0 Å². The molecule has 86 valence electrons. The predicted molar refractivity (Wildman–Crippen MR) is 69.3 cm³/mol. The highest BCUT2D eigenvalue weighted by atomic mass is 32.1. The van der Waals surface area contributed by atoms with Crippen LogP contribution >= 0.6 is 11.3 Å². The van der Waals surface area contributed by atoms with Gasteiger partial charge in [0.05, 0.1) is 0 Å². The van der Waals surface area contributed by atoms with Crippen molar-refractivity contribution in [2.75, 3.05) is 6.54 Å². The van der Waals surface area contributed by atoms with E-state index in [-0.39, 0.29) is 0 Å². The van der Waals surface area contributed by atoms with Gasteiger partial charge in [0.25, 0.3) is 0 Å². The zero-order valence-corrected chi connectivity index (χ0v) is 11.2. The third-order valence-corrected chi connectivity index (χ3v) is 3.52. The van der Waals surface area contributed by atoms with Gasteiger partial charge in [-0.2, -0.15) is 0 Å². The average molecular weight is 225 g/mol. The van der Waals surface area contributed by atoms with E-state index >= 15 is 0 Å². The second-order valence-electron chi connectivity index (χ2n) is 4.83. The number of hydrogen-bond acceptors (Lipinski definition) is 2. The van der Waals surface area contributed by atoms with Crippen molar-refractivity contribution in [1.82, 2.24) is 4.90 Å². The third kappa shape index (κ3) is 4.80. The quantitative estimate of drug-likeness (QED) is 0.707. The lowest BCUT2D eigenvalue weighted by Crippen LogP contribution is -2.31.